The third-order valence-electron chi connectivity index (χ3n) is 2.32. The fourth-order valence-corrected chi connectivity index (χ4v) is 2.18. The molecule has 0 aromatic carbocycles. The summed E-state index contributed by atoms with van der Waals surface area (Å²) in [4.78, 5) is 8.13. The largest absolute Gasteiger partial charge is 0.481 e. The first-order valence-corrected chi connectivity index (χ1v) is 6.70. The Morgan fingerprint density at radius 1 is 1.53 bits per heavy atom. The summed E-state index contributed by atoms with van der Waals surface area (Å²) in [6.07, 6.45) is 3.41. The lowest BCUT2D eigenvalue weighted by Gasteiger charge is -2.23. The van der Waals surface area contributed by atoms with Gasteiger partial charge < -0.3 is 15.2 Å². The first-order chi connectivity index (χ1) is 8.00. The van der Waals surface area contributed by atoms with Crippen LogP contribution in [0.1, 0.15) is 12.5 Å². The zero-order valence-corrected chi connectivity index (χ0v) is 11.5. The van der Waals surface area contributed by atoms with Crippen molar-refractivity contribution in [3.63, 3.8) is 0 Å². The van der Waals surface area contributed by atoms with E-state index in [0.29, 0.717) is 24.0 Å². The smallest absolute Gasteiger partial charge is 0.221 e. The van der Waals surface area contributed by atoms with Crippen LogP contribution in [0.25, 0.3) is 0 Å². The quantitative estimate of drug-likeness (QED) is 0.801. The van der Waals surface area contributed by atoms with Crippen molar-refractivity contribution in [2.75, 3.05) is 31.0 Å². The highest BCUT2D eigenvalue weighted by atomic mass is 32.2. The molecule has 1 unspecified atom stereocenters. The molecule has 1 rings (SSSR count). The molecule has 0 fully saturated rings. The molecular formula is C11H19N3O2S. The highest BCUT2D eigenvalue weighted by Gasteiger charge is 2.20. The van der Waals surface area contributed by atoms with E-state index in [9.17, 15) is 5.11 Å². The van der Waals surface area contributed by atoms with Crippen LogP contribution in [0.3, 0.4) is 0 Å². The number of nitrogens with one attached hydrogen (secondary N) is 1. The van der Waals surface area contributed by atoms with Crippen LogP contribution in [0, 0.1) is 6.92 Å². The molecule has 0 aliphatic heterocycles. The van der Waals surface area contributed by atoms with E-state index in [4.69, 9.17) is 4.74 Å². The monoisotopic (exact) mass is 257 g/mol. The fraction of sp³-hybridized carbons (Fsp3) is 0.636. The van der Waals surface area contributed by atoms with Crippen molar-refractivity contribution in [2.45, 2.75) is 19.4 Å². The molecule has 0 bridgehead atoms. The number of thioether (sulfide) groups is 1. The molecule has 1 heterocycles. The van der Waals surface area contributed by atoms with Gasteiger partial charge in [-0.1, -0.05) is 0 Å². The van der Waals surface area contributed by atoms with Crippen molar-refractivity contribution >= 4 is 17.6 Å². The number of aliphatic hydroxyl groups is 1. The van der Waals surface area contributed by atoms with E-state index in [2.05, 4.69) is 15.3 Å². The Hall–Kier alpha value is -1.01. The molecule has 96 valence electrons. The third-order valence-corrected chi connectivity index (χ3v) is 3.23. The molecule has 2 N–H and O–H groups in total. The van der Waals surface area contributed by atoms with Crippen LogP contribution in [0.15, 0.2) is 6.33 Å². The van der Waals surface area contributed by atoms with Gasteiger partial charge in [-0.25, -0.2) is 9.97 Å². The summed E-state index contributed by atoms with van der Waals surface area (Å²) in [6.45, 7) is 4.11. The first-order valence-electron chi connectivity index (χ1n) is 5.31. The van der Waals surface area contributed by atoms with Crippen molar-refractivity contribution < 1.29 is 9.84 Å². The van der Waals surface area contributed by atoms with Crippen LogP contribution < -0.4 is 10.1 Å². The van der Waals surface area contributed by atoms with Gasteiger partial charge in [-0.15, -0.1) is 0 Å². The predicted octanol–water partition coefficient (Wildman–Crippen LogP) is 1.32. The second kappa shape index (κ2) is 6.07. The van der Waals surface area contributed by atoms with Crippen LogP contribution in [-0.2, 0) is 0 Å². The summed E-state index contributed by atoms with van der Waals surface area (Å²) >= 11 is 1.61. The SMILES string of the molecule is COc1ncnc(NCC(C)(O)CSC)c1C. The number of ether oxygens (including phenoxy) is 1. The van der Waals surface area contributed by atoms with Gasteiger partial charge in [0.15, 0.2) is 0 Å². The molecule has 0 amide bonds. The highest BCUT2D eigenvalue weighted by Crippen LogP contribution is 2.20. The summed E-state index contributed by atoms with van der Waals surface area (Å²) in [5.74, 6) is 1.91. The molecule has 0 saturated heterocycles. The molecule has 0 aliphatic carbocycles. The molecule has 0 saturated carbocycles. The zero-order chi connectivity index (χ0) is 12.9. The lowest BCUT2D eigenvalue weighted by Crippen LogP contribution is -2.36. The number of hydrogen-bond donors (Lipinski definition) is 2. The van der Waals surface area contributed by atoms with Gasteiger partial charge in [-0.05, 0) is 20.1 Å². The van der Waals surface area contributed by atoms with E-state index in [0.717, 1.165) is 5.56 Å². The minimum absolute atomic E-state index is 0.439. The summed E-state index contributed by atoms with van der Waals surface area (Å²) in [5.41, 5.74) is 0.0827. The van der Waals surface area contributed by atoms with Gasteiger partial charge in [-0.2, -0.15) is 11.8 Å². The Morgan fingerprint density at radius 2 is 2.24 bits per heavy atom. The lowest BCUT2D eigenvalue weighted by molar-refractivity contribution is 0.0996. The second-order valence-electron chi connectivity index (χ2n) is 4.14. The topological polar surface area (TPSA) is 67.3 Å². The first kappa shape index (κ1) is 14.1. The van der Waals surface area contributed by atoms with Gasteiger partial charge in [0.1, 0.15) is 12.1 Å². The van der Waals surface area contributed by atoms with Gasteiger partial charge in [0.2, 0.25) is 5.88 Å². The molecule has 0 spiro atoms. The molecule has 0 aliphatic rings. The lowest BCUT2D eigenvalue weighted by atomic mass is 10.1. The Morgan fingerprint density at radius 3 is 2.82 bits per heavy atom. The summed E-state index contributed by atoms with van der Waals surface area (Å²) < 4.78 is 5.11. The highest BCUT2D eigenvalue weighted by molar-refractivity contribution is 7.98. The van der Waals surface area contributed by atoms with E-state index >= 15 is 0 Å². The average Bonchev–Trinajstić information content (AvgIpc) is 2.28. The molecule has 0 radical (unpaired) electrons. The molecule has 5 nitrogen and oxygen atoms in total. The van der Waals surface area contributed by atoms with Crippen LogP contribution in [0.5, 0.6) is 5.88 Å². The van der Waals surface area contributed by atoms with Gasteiger partial charge in [0.05, 0.1) is 18.3 Å². The Balaban J connectivity index is 2.69. The van der Waals surface area contributed by atoms with E-state index in [-0.39, 0.29) is 0 Å². The van der Waals surface area contributed by atoms with Gasteiger partial charge in [0, 0.05) is 12.3 Å². The Labute approximate surface area is 106 Å². The van der Waals surface area contributed by atoms with Gasteiger partial charge in [0.25, 0.3) is 0 Å². The molecule has 1 atom stereocenters. The number of anilines is 1. The van der Waals surface area contributed by atoms with Crippen LogP contribution >= 0.6 is 11.8 Å². The average molecular weight is 257 g/mol. The van der Waals surface area contributed by atoms with Crippen molar-refractivity contribution in [3.05, 3.63) is 11.9 Å². The standard InChI is InChI=1S/C11H19N3O2S/c1-8-9(13-7-14-10(8)16-3)12-5-11(2,15)6-17-4/h7,15H,5-6H2,1-4H3,(H,12,13,14). The number of methoxy groups -OCH3 is 1. The zero-order valence-electron chi connectivity index (χ0n) is 10.6. The maximum atomic E-state index is 10.0. The molecule has 17 heavy (non-hydrogen) atoms. The Bertz CT molecular complexity index is 372. The van der Waals surface area contributed by atoms with Crippen molar-refractivity contribution in [1.82, 2.24) is 9.97 Å². The normalized spacial score (nSPS) is 14.2. The summed E-state index contributed by atoms with van der Waals surface area (Å²) in [6, 6.07) is 0. The van der Waals surface area contributed by atoms with Crippen LogP contribution in [0.2, 0.25) is 0 Å². The van der Waals surface area contributed by atoms with Crippen LogP contribution in [0.4, 0.5) is 5.82 Å². The van der Waals surface area contributed by atoms with E-state index in [1.807, 2.05) is 13.2 Å². The maximum Gasteiger partial charge on any atom is 0.221 e. The van der Waals surface area contributed by atoms with E-state index < -0.39 is 5.60 Å². The molecule has 1 aromatic heterocycles. The van der Waals surface area contributed by atoms with E-state index in [1.165, 1.54) is 6.33 Å². The summed E-state index contributed by atoms with van der Waals surface area (Å²) in [5, 5.41) is 13.2. The third kappa shape index (κ3) is 4.05. The predicted molar refractivity (Wildman–Crippen MR) is 70.8 cm³/mol. The minimum Gasteiger partial charge on any atom is -0.481 e. The molecule has 1 aromatic rings. The minimum atomic E-state index is -0.760. The van der Waals surface area contributed by atoms with Crippen molar-refractivity contribution in [3.8, 4) is 5.88 Å². The molecule has 6 heteroatoms. The Kier molecular flexibility index (Phi) is 5.02. The fourth-order valence-electron chi connectivity index (χ4n) is 1.45. The van der Waals surface area contributed by atoms with Gasteiger partial charge in [-0.3, -0.25) is 0 Å². The second-order valence-corrected chi connectivity index (χ2v) is 5.01. The number of aromatic nitrogens is 2. The number of rotatable bonds is 6. The van der Waals surface area contributed by atoms with Crippen molar-refractivity contribution in [1.29, 1.82) is 0 Å². The van der Waals surface area contributed by atoms with Crippen molar-refractivity contribution in [2.24, 2.45) is 0 Å². The number of hydrogen-bond acceptors (Lipinski definition) is 6. The van der Waals surface area contributed by atoms with Crippen LogP contribution in [-0.4, -0.2) is 46.3 Å². The summed E-state index contributed by atoms with van der Waals surface area (Å²) in [7, 11) is 1.57. The van der Waals surface area contributed by atoms with E-state index in [1.54, 1.807) is 25.8 Å². The molecular weight excluding hydrogens is 238 g/mol. The maximum absolute atomic E-state index is 10.0. The number of nitrogens with zero attached hydrogens (tertiary/aromatic N) is 2. The van der Waals surface area contributed by atoms with Gasteiger partial charge >= 0.3 is 0 Å².